The van der Waals surface area contributed by atoms with Crippen LogP contribution < -0.4 is 11.1 Å². The Balaban J connectivity index is 2.39. The first-order chi connectivity index (χ1) is 9.17. The Morgan fingerprint density at radius 3 is 1.63 bits per heavy atom. The normalized spacial score (nSPS) is 10.2. The van der Waals surface area contributed by atoms with Crippen LogP contribution in [0.1, 0.15) is 36.4 Å². The van der Waals surface area contributed by atoms with Crippen LogP contribution in [0.4, 0.5) is 0 Å². The minimum Gasteiger partial charge on any atom is -0.302 e. The van der Waals surface area contributed by atoms with Gasteiger partial charge in [-0.2, -0.15) is 0 Å². The van der Waals surface area contributed by atoms with E-state index in [2.05, 4.69) is 26.1 Å². The smallest absolute Gasteiger partial charge is 0.272 e. The third kappa shape index (κ3) is 2.53. The molecule has 0 aromatic carbocycles. The predicted molar refractivity (Wildman–Crippen MR) is 74.0 cm³/mol. The third-order valence-corrected chi connectivity index (χ3v) is 2.96. The Morgan fingerprint density at radius 1 is 0.842 bits per heavy atom. The van der Waals surface area contributed by atoms with Gasteiger partial charge in [0.05, 0.1) is 11.1 Å². The lowest BCUT2D eigenvalue weighted by molar-refractivity contribution is 0.963. The van der Waals surface area contributed by atoms with Crippen molar-refractivity contribution in [1.82, 2.24) is 20.4 Å². The lowest BCUT2D eigenvalue weighted by Crippen LogP contribution is -2.02. The molecule has 0 saturated heterocycles. The van der Waals surface area contributed by atoms with E-state index in [4.69, 9.17) is 0 Å². The SMILES string of the molecule is CCc1[nH][nH]c(=O)c1C=C=Cc1c(CC)[nH][nH]c1=O. The van der Waals surface area contributed by atoms with E-state index in [-0.39, 0.29) is 11.1 Å². The van der Waals surface area contributed by atoms with Gasteiger partial charge in [-0.1, -0.05) is 13.8 Å². The summed E-state index contributed by atoms with van der Waals surface area (Å²) >= 11 is 0. The van der Waals surface area contributed by atoms with Crippen LogP contribution in [-0.4, -0.2) is 20.4 Å². The van der Waals surface area contributed by atoms with E-state index in [0.717, 1.165) is 24.2 Å². The van der Waals surface area contributed by atoms with Crippen LogP contribution in [0.25, 0.3) is 12.2 Å². The highest BCUT2D eigenvalue weighted by Gasteiger charge is 2.05. The van der Waals surface area contributed by atoms with E-state index in [1.165, 1.54) is 0 Å². The van der Waals surface area contributed by atoms with Gasteiger partial charge in [-0.3, -0.25) is 19.8 Å². The molecule has 0 atom stereocenters. The summed E-state index contributed by atoms with van der Waals surface area (Å²) < 4.78 is 0. The van der Waals surface area contributed by atoms with Gasteiger partial charge < -0.3 is 10.2 Å². The van der Waals surface area contributed by atoms with E-state index >= 15 is 0 Å². The van der Waals surface area contributed by atoms with Gasteiger partial charge in [0.25, 0.3) is 11.1 Å². The molecule has 2 aromatic heterocycles. The maximum atomic E-state index is 11.5. The quantitative estimate of drug-likeness (QED) is 0.621. The molecule has 0 unspecified atom stereocenters. The van der Waals surface area contributed by atoms with Gasteiger partial charge in [0.2, 0.25) is 0 Å². The first kappa shape index (κ1) is 13.0. The van der Waals surface area contributed by atoms with Crippen molar-refractivity contribution in [2.24, 2.45) is 0 Å². The maximum Gasteiger partial charge on any atom is 0.272 e. The van der Waals surface area contributed by atoms with E-state index in [9.17, 15) is 9.59 Å². The van der Waals surface area contributed by atoms with Gasteiger partial charge in [0.15, 0.2) is 0 Å². The maximum absolute atomic E-state index is 11.5. The van der Waals surface area contributed by atoms with Crippen molar-refractivity contribution in [1.29, 1.82) is 0 Å². The zero-order chi connectivity index (χ0) is 13.8. The number of nitrogens with one attached hydrogen (secondary N) is 4. The summed E-state index contributed by atoms with van der Waals surface area (Å²) in [7, 11) is 0. The summed E-state index contributed by atoms with van der Waals surface area (Å²) in [5, 5.41) is 10.7. The molecular formula is C13H16N4O2. The Labute approximate surface area is 109 Å². The van der Waals surface area contributed by atoms with Crippen LogP contribution in [-0.2, 0) is 12.8 Å². The molecule has 19 heavy (non-hydrogen) atoms. The van der Waals surface area contributed by atoms with Crippen molar-refractivity contribution in [3.63, 3.8) is 0 Å². The highest BCUT2D eigenvalue weighted by atomic mass is 16.1. The molecule has 6 nitrogen and oxygen atoms in total. The average molecular weight is 260 g/mol. The Morgan fingerprint density at radius 2 is 1.26 bits per heavy atom. The Bertz CT molecular complexity index is 675. The number of H-pyrrole nitrogens is 4. The number of rotatable bonds is 4. The molecule has 0 aliphatic rings. The second kappa shape index (κ2) is 5.46. The Hall–Kier alpha value is -2.46. The van der Waals surface area contributed by atoms with Crippen LogP contribution in [0.5, 0.6) is 0 Å². The van der Waals surface area contributed by atoms with E-state index < -0.39 is 0 Å². The molecule has 2 rings (SSSR count). The third-order valence-electron chi connectivity index (χ3n) is 2.96. The monoisotopic (exact) mass is 260 g/mol. The zero-order valence-corrected chi connectivity index (χ0v) is 10.9. The number of aromatic nitrogens is 4. The van der Waals surface area contributed by atoms with Crippen LogP contribution in [0.2, 0.25) is 0 Å². The summed E-state index contributed by atoms with van der Waals surface area (Å²) in [6, 6.07) is 0. The van der Waals surface area contributed by atoms with Gasteiger partial charge in [-0.15, -0.1) is 5.73 Å². The van der Waals surface area contributed by atoms with Gasteiger partial charge >= 0.3 is 0 Å². The zero-order valence-electron chi connectivity index (χ0n) is 10.9. The van der Waals surface area contributed by atoms with Crippen LogP contribution in [0.3, 0.4) is 0 Å². The van der Waals surface area contributed by atoms with Crippen molar-refractivity contribution in [2.45, 2.75) is 26.7 Å². The van der Waals surface area contributed by atoms with Crippen molar-refractivity contribution >= 4 is 12.2 Å². The largest absolute Gasteiger partial charge is 0.302 e. The fourth-order valence-corrected chi connectivity index (χ4v) is 1.88. The summed E-state index contributed by atoms with van der Waals surface area (Å²) in [6.07, 6.45) is 4.61. The van der Waals surface area contributed by atoms with E-state index in [0.29, 0.717) is 11.1 Å². The molecule has 0 bridgehead atoms. The summed E-state index contributed by atoms with van der Waals surface area (Å²) in [5.41, 5.74) is 5.26. The van der Waals surface area contributed by atoms with Gasteiger partial charge in [-0.25, -0.2) is 0 Å². The summed E-state index contributed by atoms with van der Waals surface area (Å²) in [4.78, 5) is 23.1. The molecule has 100 valence electrons. The predicted octanol–water partition coefficient (Wildman–Crippen LogP) is 1.17. The topological polar surface area (TPSA) is 97.3 Å². The lowest BCUT2D eigenvalue weighted by atomic mass is 10.2. The molecule has 4 N–H and O–H groups in total. The number of hydrogen-bond donors (Lipinski definition) is 4. The molecule has 0 spiro atoms. The molecule has 0 radical (unpaired) electrons. The average Bonchev–Trinajstić information content (AvgIpc) is 2.94. The molecule has 0 amide bonds. The molecule has 0 fully saturated rings. The lowest BCUT2D eigenvalue weighted by Gasteiger charge is -1.90. The van der Waals surface area contributed by atoms with Gasteiger partial charge in [0.1, 0.15) is 0 Å². The number of hydrogen-bond acceptors (Lipinski definition) is 2. The molecule has 2 heterocycles. The highest BCUT2D eigenvalue weighted by molar-refractivity contribution is 5.58. The van der Waals surface area contributed by atoms with Crippen molar-refractivity contribution in [3.8, 4) is 0 Å². The molecule has 0 saturated carbocycles. The van der Waals surface area contributed by atoms with Crippen LogP contribution in [0, 0.1) is 0 Å². The van der Waals surface area contributed by atoms with Crippen LogP contribution >= 0.6 is 0 Å². The molecule has 2 aromatic rings. The van der Waals surface area contributed by atoms with Crippen molar-refractivity contribution in [2.75, 3.05) is 0 Å². The second-order valence-electron chi connectivity index (χ2n) is 4.11. The number of aromatic amines is 4. The second-order valence-corrected chi connectivity index (χ2v) is 4.11. The Kier molecular flexibility index (Phi) is 3.73. The van der Waals surface area contributed by atoms with Gasteiger partial charge in [-0.05, 0) is 25.0 Å². The van der Waals surface area contributed by atoms with Crippen LogP contribution in [0.15, 0.2) is 15.3 Å². The number of aryl methyl sites for hydroxylation is 2. The molecule has 6 heteroatoms. The minimum atomic E-state index is -0.184. The first-order valence-electron chi connectivity index (χ1n) is 6.18. The van der Waals surface area contributed by atoms with E-state index in [1.54, 1.807) is 12.2 Å². The standard InChI is InChI=1S/C13H16N4O2/c1-3-10-8(12(18)16-14-10)6-5-7-9-11(4-2)15-17-13(9)19/h6-7H,3-4H2,1-2H3,(H2,14,16,18)(H2,15,17,19). The fourth-order valence-electron chi connectivity index (χ4n) is 1.88. The van der Waals surface area contributed by atoms with E-state index in [1.807, 2.05) is 13.8 Å². The summed E-state index contributed by atoms with van der Waals surface area (Å²) in [5.74, 6) is 0. The van der Waals surface area contributed by atoms with Crippen molar-refractivity contribution < 1.29 is 0 Å². The summed E-state index contributed by atoms with van der Waals surface area (Å²) in [6.45, 7) is 3.90. The molecule has 0 aliphatic carbocycles. The highest BCUT2D eigenvalue weighted by Crippen LogP contribution is 2.04. The minimum absolute atomic E-state index is 0.184. The first-order valence-corrected chi connectivity index (χ1v) is 6.18. The molecular weight excluding hydrogens is 244 g/mol. The van der Waals surface area contributed by atoms with Gasteiger partial charge in [0, 0.05) is 11.4 Å². The fraction of sp³-hybridized carbons (Fsp3) is 0.308. The van der Waals surface area contributed by atoms with Crippen molar-refractivity contribution in [3.05, 3.63) is 49.0 Å². The molecule has 0 aliphatic heterocycles.